The highest BCUT2D eigenvalue weighted by Gasteiger charge is 2.07. The SMILES string of the molecule is O=C(CSc1ccc(Br)cc1)Nc1ccn(-c2ccccc2)n1. The molecule has 0 spiro atoms. The first-order valence-electron chi connectivity index (χ1n) is 7.00. The summed E-state index contributed by atoms with van der Waals surface area (Å²) in [4.78, 5) is 13.1. The summed E-state index contributed by atoms with van der Waals surface area (Å²) in [7, 11) is 0. The number of carbonyl (C=O) groups is 1. The molecule has 1 amide bonds. The number of hydrogen-bond donors (Lipinski definition) is 1. The van der Waals surface area contributed by atoms with Gasteiger partial charge in [0.15, 0.2) is 5.82 Å². The van der Waals surface area contributed by atoms with E-state index in [0.717, 1.165) is 15.1 Å². The zero-order valence-electron chi connectivity index (χ0n) is 12.1. The second-order valence-electron chi connectivity index (χ2n) is 4.77. The lowest BCUT2D eigenvalue weighted by Crippen LogP contribution is -2.14. The molecule has 4 nitrogen and oxygen atoms in total. The maximum Gasteiger partial charge on any atom is 0.235 e. The summed E-state index contributed by atoms with van der Waals surface area (Å²) < 4.78 is 2.76. The largest absolute Gasteiger partial charge is 0.308 e. The highest BCUT2D eigenvalue weighted by molar-refractivity contribution is 9.10. The molecule has 1 aromatic heterocycles. The summed E-state index contributed by atoms with van der Waals surface area (Å²) >= 11 is 4.88. The molecule has 0 saturated heterocycles. The van der Waals surface area contributed by atoms with Crippen molar-refractivity contribution in [1.82, 2.24) is 9.78 Å². The van der Waals surface area contributed by atoms with Gasteiger partial charge >= 0.3 is 0 Å². The fourth-order valence-electron chi connectivity index (χ4n) is 1.97. The van der Waals surface area contributed by atoms with Crippen LogP contribution in [0, 0.1) is 0 Å². The Balaban J connectivity index is 1.56. The average molecular weight is 388 g/mol. The maximum absolute atomic E-state index is 12.0. The Morgan fingerprint density at radius 1 is 1.09 bits per heavy atom. The number of thioether (sulfide) groups is 1. The number of halogens is 1. The third-order valence-corrected chi connectivity index (χ3v) is 4.60. The number of nitrogens with one attached hydrogen (secondary N) is 1. The Morgan fingerprint density at radius 2 is 1.83 bits per heavy atom. The highest BCUT2D eigenvalue weighted by atomic mass is 79.9. The van der Waals surface area contributed by atoms with E-state index in [2.05, 4.69) is 26.3 Å². The number of aromatic nitrogens is 2. The lowest BCUT2D eigenvalue weighted by atomic mass is 10.3. The van der Waals surface area contributed by atoms with Gasteiger partial charge in [-0.3, -0.25) is 4.79 Å². The number of para-hydroxylation sites is 1. The Labute approximate surface area is 147 Å². The predicted molar refractivity (Wildman–Crippen MR) is 97.1 cm³/mol. The van der Waals surface area contributed by atoms with Crippen LogP contribution in [0.3, 0.4) is 0 Å². The van der Waals surface area contributed by atoms with Crippen LogP contribution in [0.2, 0.25) is 0 Å². The molecule has 0 bridgehead atoms. The van der Waals surface area contributed by atoms with Gasteiger partial charge in [-0.05, 0) is 36.4 Å². The third-order valence-electron chi connectivity index (χ3n) is 3.06. The molecule has 6 heteroatoms. The molecule has 0 saturated carbocycles. The van der Waals surface area contributed by atoms with Crippen LogP contribution in [0.25, 0.3) is 5.69 Å². The Hall–Kier alpha value is -2.05. The lowest BCUT2D eigenvalue weighted by molar-refractivity contribution is -0.113. The number of carbonyl (C=O) groups excluding carboxylic acids is 1. The molecule has 1 heterocycles. The van der Waals surface area contributed by atoms with E-state index >= 15 is 0 Å². The molecule has 0 atom stereocenters. The second-order valence-corrected chi connectivity index (χ2v) is 6.74. The van der Waals surface area contributed by atoms with E-state index < -0.39 is 0 Å². The van der Waals surface area contributed by atoms with Crippen molar-refractivity contribution < 1.29 is 4.79 Å². The van der Waals surface area contributed by atoms with Gasteiger partial charge < -0.3 is 5.32 Å². The van der Waals surface area contributed by atoms with Crippen molar-refractivity contribution in [2.45, 2.75) is 4.90 Å². The number of anilines is 1. The van der Waals surface area contributed by atoms with Gasteiger partial charge in [-0.15, -0.1) is 11.8 Å². The van der Waals surface area contributed by atoms with Crippen LogP contribution in [-0.2, 0) is 4.79 Å². The molecule has 0 aliphatic carbocycles. The molecule has 23 heavy (non-hydrogen) atoms. The van der Waals surface area contributed by atoms with Gasteiger partial charge in [0, 0.05) is 21.6 Å². The van der Waals surface area contributed by atoms with E-state index in [0.29, 0.717) is 11.6 Å². The van der Waals surface area contributed by atoms with E-state index in [1.54, 1.807) is 10.7 Å². The summed E-state index contributed by atoms with van der Waals surface area (Å²) in [6.45, 7) is 0. The number of benzene rings is 2. The first kappa shape index (κ1) is 15.8. The van der Waals surface area contributed by atoms with Crippen LogP contribution in [0.1, 0.15) is 0 Å². The predicted octanol–water partition coefficient (Wildman–Crippen LogP) is 4.37. The minimum atomic E-state index is -0.0729. The molecule has 3 rings (SSSR count). The van der Waals surface area contributed by atoms with Crippen LogP contribution < -0.4 is 5.32 Å². The van der Waals surface area contributed by atoms with Gasteiger partial charge in [-0.1, -0.05) is 34.1 Å². The average Bonchev–Trinajstić information content (AvgIpc) is 3.04. The van der Waals surface area contributed by atoms with E-state index in [1.807, 2.05) is 60.8 Å². The van der Waals surface area contributed by atoms with Gasteiger partial charge in [-0.2, -0.15) is 5.10 Å². The Bertz CT molecular complexity index is 787. The maximum atomic E-state index is 12.0. The second kappa shape index (κ2) is 7.48. The van der Waals surface area contributed by atoms with Crippen LogP contribution in [0.4, 0.5) is 5.82 Å². The van der Waals surface area contributed by atoms with Crippen LogP contribution >= 0.6 is 27.7 Å². The monoisotopic (exact) mass is 387 g/mol. The number of hydrogen-bond acceptors (Lipinski definition) is 3. The van der Waals surface area contributed by atoms with E-state index in [9.17, 15) is 4.79 Å². The molecule has 0 unspecified atom stereocenters. The Kier molecular flexibility index (Phi) is 5.15. The zero-order chi connectivity index (χ0) is 16.1. The van der Waals surface area contributed by atoms with Crippen molar-refractivity contribution in [3.63, 3.8) is 0 Å². The lowest BCUT2D eigenvalue weighted by Gasteiger charge is -2.03. The van der Waals surface area contributed by atoms with Gasteiger partial charge in [-0.25, -0.2) is 4.68 Å². The van der Waals surface area contributed by atoms with Crippen LogP contribution in [0.5, 0.6) is 0 Å². The van der Waals surface area contributed by atoms with Gasteiger partial charge in [0.05, 0.1) is 11.4 Å². The van der Waals surface area contributed by atoms with E-state index in [-0.39, 0.29) is 5.91 Å². The van der Waals surface area contributed by atoms with Crippen LogP contribution in [-0.4, -0.2) is 21.4 Å². The minimum Gasteiger partial charge on any atom is -0.308 e. The summed E-state index contributed by atoms with van der Waals surface area (Å²) in [6.07, 6.45) is 1.83. The first-order chi connectivity index (χ1) is 11.2. The first-order valence-corrected chi connectivity index (χ1v) is 8.78. The van der Waals surface area contributed by atoms with E-state index in [4.69, 9.17) is 0 Å². The molecule has 2 aromatic carbocycles. The van der Waals surface area contributed by atoms with Crippen molar-refractivity contribution >= 4 is 39.4 Å². The number of amides is 1. The van der Waals surface area contributed by atoms with Crippen molar-refractivity contribution in [1.29, 1.82) is 0 Å². The van der Waals surface area contributed by atoms with E-state index in [1.165, 1.54) is 11.8 Å². The topological polar surface area (TPSA) is 46.9 Å². The molecule has 3 aromatic rings. The molecular weight excluding hydrogens is 374 g/mol. The molecular formula is C17H14BrN3OS. The molecule has 1 N–H and O–H groups in total. The fourth-order valence-corrected chi connectivity index (χ4v) is 2.94. The fraction of sp³-hybridized carbons (Fsp3) is 0.0588. The molecule has 0 aliphatic heterocycles. The summed E-state index contributed by atoms with van der Waals surface area (Å²) in [5.41, 5.74) is 0.956. The van der Waals surface area contributed by atoms with Crippen molar-refractivity contribution in [2.24, 2.45) is 0 Å². The molecule has 116 valence electrons. The standard InChI is InChI=1S/C17H14BrN3OS/c18-13-6-8-15(9-7-13)23-12-17(22)19-16-10-11-21(20-16)14-4-2-1-3-5-14/h1-11H,12H2,(H,19,20,22). The summed E-state index contributed by atoms with van der Waals surface area (Å²) in [5, 5.41) is 7.17. The highest BCUT2D eigenvalue weighted by Crippen LogP contribution is 2.20. The van der Waals surface area contributed by atoms with Gasteiger partial charge in [0.25, 0.3) is 0 Å². The zero-order valence-corrected chi connectivity index (χ0v) is 14.5. The summed E-state index contributed by atoms with van der Waals surface area (Å²) in [6, 6.07) is 19.4. The smallest absolute Gasteiger partial charge is 0.235 e. The Morgan fingerprint density at radius 3 is 2.57 bits per heavy atom. The molecule has 0 radical (unpaired) electrons. The van der Waals surface area contributed by atoms with Crippen LogP contribution in [0.15, 0.2) is 76.2 Å². The molecule has 0 aliphatic rings. The minimum absolute atomic E-state index is 0.0729. The van der Waals surface area contributed by atoms with Crippen molar-refractivity contribution in [3.05, 3.63) is 71.3 Å². The third kappa shape index (κ3) is 4.46. The quantitative estimate of drug-likeness (QED) is 0.661. The van der Waals surface area contributed by atoms with Crippen molar-refractivity contribution in [3.8, 4) is 5.69 Å². The molecule has 0 fully saturated rings. The van der Waals surface area contributed by atoms with Gasteiger partial charge in [0.2, 0.25) is 5.91 Å². The number of rotatable bonds is 5. The normalized spacial score (nSPS) is 10.5. The van der Waals surface area contributed by atoms with Gasteiger partial charge in [0.1, 0.15) is 0 Å². The van der Waals surface area contributed by atoms with Crippen molar-refractivity contribution in [2.75, 3.05) is 11.1 Å². The number of nitrogens with zero attached hydrogens (tertiary/aromatic N) is 2. The summed E-state index contributed by atoms with van der Waals surface area (Å²) in [5.74, 6) is 0.825.